The number of aryl methyl sites for hydroxylation is 2. The highest BCUT2D eigenvalue weighted by Gasteiger charge is 2.43. The van der Waals surface area contributed by atoms with Gasteiger partial charge in [0.25, 0.3) is 12.5 Å². The molecule has 3 aromatic heterocycles. The molecule has 0 N–H and O–H groups in total. The quantitative estimate of drug-likeness (QED) is 0.127. The van der Waals surface area contributed by atoms with Crippen molar-refractivity contribution in [1.82, 2.24) is 9.13 Å². The predicted octanol–water partition coefficient (Wildman–Crippen LogP) is 16.2. The van der Waals surface area contributed by atoms with E-state index >= 15 is 0 Å². The Bertz CT molecular complexity index is 4220. The second kappa shape index (κ2) is 16.1. The van der Waals surface area contributed by atoms with Crippen LogP contribution in [0.15, 0.2) is 138 Å². The van der Waals surface area contributed by atoms with E-state index in [0.29, 0.717) is 11.8 Å². The van der Waals surface area contributed by atoms with Crippen molar-refractivity contribution in [3.8, 4) is 45.4 Å². The van der Waals surface area contributed by atoms with Crippen molar-refractivity contribution in [3.05, 3.63) is 167 Å². The zero-order valence-electron chi connectivity index (χ0n) is 46.6. The largest absolute Gasteiger partial charge is 0.458 e. The number of imidazole rings is 1. The molecule has 8 aromatic carbocycles. The van der Waals surface area contributed by atoms with E-state index < -0.39 is 0 Å². The normalized spacial score (nSPS) is 13.6. The Morgan fingerprint density at radius 1 is 0.533 bits per heavy atom. The number of benzene rings is 8. The monoisotopic (exact) mass is 983 g/mol. The highest BCUT2D eigenvalue weighted by molar-refractivity contribution is 6.99. The minimum Gasteiger partial charge on any atom is -0.458 e. The third-order valence-electron chi connectivity index (χ3n) is 17.0. The molecule has 0 saturated carbocycles. The van der Waals surface area contributed by atoms with Crippen molar-refractivity contribution in [3.63, 3.8) is 0 Å². The van der Waals surface area contributed by atoms with Crippen LogP contribution < -0.4 is 25.7 Å². The number of aromatic nitrogens is 3. The van der Waals surface area contributed by atoms with E-state index in [0.717, 1.165) is 67.2 Å². The molecule has 0 aliphatic carbocycles. The molecule has 2 aliphatic rings. The summed E-state index contributed by atoms with van der Waals surface area (Å²) >= 11 is 0. The molecule has 2 aliphatic heterocycles. The fraction of sp³-hybridized carbons (Fsp3) is 0.290. The highest BCUT2D eigenvalue weighted by atomic mass is 16.5. The topological polar surface area (TPSA) is 36.1 Å². The van der Waals surface area contributed by atoms with Crippen LogP contribution in [-0.2, 0) is 23.3 Å². The third kappa shape index (κ3) is 6.93. The summed E-state index contributed by atoms with van der Waals surface area (Å²) in [4.78, 5) is 0. The summed E-state index contributed by atoms with van der Waals surface area (Å²) in [6.07, 6.45) is 0. The molecule has 0 radical (unpaired) electrons. The number of furan rings is 1. The molecule has 0 saturated heterocycles. The third-order valence-corrected chi connectivity index (χ3v) is 17.0. The Morgan fingerprint density at radius 3 is 1.88 bits per heavy atom. The number of fused-ring (bicyclic) bond motifs is 11. The molecule has 75 heavy (non-hydrogen) atoms. The molecular formula is C69H69BN3O2+. The Hall–Kier alpha value is -7.31. The van der Waals surface area contributed by atoms with Crippen molar-refractivity contribution in [2.75, 3.05) is 0 Å². The smallest absolute Gasteiger partial charge is 0.299 e. The molecule has 374 valence electrons. The molecule has 13 rings (SSSR count). The van der Waals surface area contributed by atoms with Gasteiger partial charge in [-0.3, -0.25) is 0 Å². The van der Waals surface area contributed by atoms with Gasteiger partial charge in [-0.2, -0.15) is 4.57 Å². The zero-order valence-corrected chi connectivity index (χ0v) is 46.6. The van der Waals surface area contributed by atoms with Crippen LogP contribution in [0.3, 0.4) is 0 Å². The van der Waals surface area contributed by atoms with Crippen molar-refractivity contribution in [2.45, 2.75) is 125 Å². The van der Waals surface area contributed by atoms with E-state index in [4.69, 9.17) is 9.15 Å². The van der Waals surface area contributed by atoms with Crippen molar-refractivity contribution >= 4 is 77.9 Å². The molecule has 6 heteroatoms. The van der Waals surface area contributed by atoms with Crippen LogP contribution in [0.5, 0.6) is 11.5 Å². The van der Waals surface area contributed by atoms with Gasteiger partial charge < -0.3 is 13.7 Å². The number of hydrogen-bond donors (Lipinski definition) is 0. The molecule has 0 atom stereocenters. The lowest BCUT2D eigenvalue weighted by molar-refractivity contribution is -0.633. The Morgan fingerprint density at radius 2 is 1.17 bits per heavy atom. The van der Waals surface area contributed by atoms with Gasteiger partial charge in [0, 0.05) is 49.4 Å². The summed E-state index contributed by atoms with van der Waals surface area (Å²) in [5, 5.41) is 4.78. The first-order valence-electron chi connectivity index (χ1n) is 27.3. The summed E-state index contributed by atoms with van der Waals surface area (Å²) < 4.78 is 22.3. The number of nitrogens with zero attached hydrogens (tertiary/aromatic N) is 3. The van der Waals surface area contributed by atoms with Crippen LogP contribution in [0.25, 0.3) is 88.7 Å². The van der Waals surface area contributed by atoms with Gasteiger partial charge in [0.1, 0.15) is 28.3 Å². The maximum Gasteiger partial charge on any atom is 0.299 e. The molecule has 0 bridgehead atoms. The molecule has 11 aromatic rings. The molecule has 0 unspecified atom stereocenters. The molecule has 5 heterocycles. The average molecular weight is 983 g/mol. The first kappa shape index (κ1) is 47.4. The second-order valence-electron chi connectivity index (χ2n) is 25.7. The molecule has 0 amide bonds. The summed E-state index contributed by atoms with van der Waals surface area (Å²) in [6.45, 7) is 32.4. The lowest BCUT2D eigenvalue weighted by Gasteiger charge is -2.35. The van der Waals surface area contributed by atoms with Gasteiger partial charge in [-0.25, -0.2) is 4.57 Å². The first-order chi connectivity index (χ1) is 35.6. The minimum absolute atomic E-state index is 0.0136. The van der Waals surface area contributed by atoms with Crippen LogP contribution in [0.4, 0.5) is 0 Å². The Kier molecular flexibility index (Phi) is 10.2. The first-order valence-corrected chi connectivity index (χ1v) is 27.3. The van der Waals surface area contributed by atoms with Gasteiger partial charge in [0.15, 0.2) is 16.6 Å². The predicted molar refractivity (Wildman–Crippen MR) is 317 cm³/mol. The van der Waals surface area contributed by atoms with Crippen molar-refractivity contribution in [2.24, 2.45) is 7.05 Å². The van der Waals surface area contributed by atoms with E-state index in [2.05, 4.69) is 251 Å². The van der Waals surface area contributed by atoms with Gasteiger partial charge in [0.05, 0.1) is 12.6 Å². The second-order valence-corrected chi connectivity index (χ2v) is 25.7. The van der Waals surface area contributed by atoms with Crippen molar-refractivity contribution in [1.29, 1.82) is 0 Å². The number of para-hydroxylation sites is 4. The van der Waals surface area contributed by atoms with E-state index in [1.807, 2.05) is 0 Å². The highest BCUT2D eigenvalue weighted by Crippen LogP contribution is 2.47. The molecular weight excluding hydrogens is 914 g/mol. The SMILES string of the molecule is Cc1ccc2c(oc3c(-c4cc5c6c(c4)-n4c7ccc(C(C)(C)C)cc7c7cc(C(C)(C)C)cc(c74)B6c4cc(C(C)(C)C)ccc4O5)cccc32)c1-c1n(-c2c(C(C)C)cccc2C(C)C)c2ccccc2[n+]1C. The van der Waals surface area contributed by atoms with Crippen molar-refractivity contribution < 1.29 is 13.7 Å². The van der Waals surface area contributed by atoms with E-state index in [9.17, 15) is 0 Å². The van der Waals surface area contributed by atoms with Gasteiger partial charge in [-0.05, 0) is 128 Å². The van der Waals surface area contributed by atoms with E-state index in [1.165, 1.54) is 82.7 Å². The standard InChI is InChI=1S/C69H69BN3O2/c1-38(2)45-20-18-21-46(39(3)4)62(45)73-56-25-17-16-24-55(56)71(15)66(73)60-40(5)26-29-49-48-23-19-22-47(64(48)75-65(49)60)41-32-57-61-59(33-41)74-58-31-28-43(68(9,10)11)36-52(58)70(61)53-37-44(69(12,13)14)35-51-50-34-42(67(6,7)8)27-30-54(50)72(57)63(51)53/h16-39H,1-15H3/q+1. The molecule has 0 fully saturated rings. The van der Waals surface area contributed by atoms with Crippen LogP contribution in [0.1, 0.15) is 135 Å². The summed E-state index contributed by atoms with van der Waals surface area (Å²) in [5.74, 6) is 3.54. The van der Waals surface area contributed by atoms with E-state index in [-0.39, 0.29) is 23.0 Å². The van der Waals surface area contributed by atoms with Crippen LogP contribution in [0.2, 0.25) is 0 Å². The summed E-state index contributed by atoms with van der Waals surface area (Å²) in [7, 11) is 2.22. The lowest BCUT2D eigenvalue weighted by atomic mass is 9.34. The minimum atomic E-state index is -0.0673. The Labute approximate surface area is 442 Å². The van der Waals surface area contributed by atoms with Crippen LogP contribution in [-0.4, -0.2) is 15.8 Å². The number of rotatable bonds is 5. The molecule has 0 spiro atoms. The average Bonchev–Trinajstić information content (AvgIpc) is 4.01. The fourth-order valence-corrected chi connectivity index (χ4v) is 12.9. The molecule has 5 nitrogen and oxygen atoms in total. The number of ether oxygens (including phenoxy) is 1. The lowest BCUT2D eigenvalue weighted by Crippen LogP contribution is -2.58. The van der Waals surface area contributed by atoms with Gasteiger partial charge in [0.2, 0.25) is 0 Å². The number of hydrogen-bond acceptors (Lipinski definition) is 2. The summed E-state index contributed by atoms with van der Waals surface area (Å²) in [6, 6.07) is 50.8. The van der Waals surface area contributed by atoms with E-state index in [1.54, 1.807) is 0 Å². The maximum atomic E-state index is 7.54. The van der Waals surface area contributed by atoms with Crippen LogP contribution >= 0.6 is 0 Å². The van der Waals surface area contributed by atoms with Gasteiger partial charge in [-0.1, -0.05) is 175 Å². The van der Waals surface area contributed by atoms with Gasteiger partial charge >= 0.3 is 0 Å². The zero-order chi connectivity index (χ0) is 52.5. The Balaban J connectivity index is 1.11. The maximum absolute atomic E-state index is 7.54. The van der Waals surface area contributed by atoms with Gasteiger partial charge in [-0.15, -0.1) is 0 Å². The fourth-order valence-electron chi connectivity index (χ4n) is 12.9. The van der Waals surface area contributed by atoms with Crippen LogP contribution in [0, 0.1) is 6.92 Å². The summed E-state index contributed by atoms with van der Waals surface area (Å²) in [5.41, 5.74) is 23.7.